The van der Waals surface area contributed by atoms with Gasteiger partial charge >= 0.3 is 6.09 Å². The maximum Gasteiger partial charge on any atom is 0.407 e. The second-order valence-electron chi connectivity index (χ2n) is 11.4. The normalized spacial score (nSPS) is 18.3. The maximum absolute atomic E-state index is 13.1. The van der Waals surface area contributed by atoms with Crippen molar-refractivity contribution in [3.05, 3.63) is 23.5 Å². The van der Waals surface area contributed by atoms with Gasteiger partial charge in [0.25, 0.3) is 5.91 Å². The number of aryl methyl sites for hydroxylation is 1. The summed E-state index contributed by atoms with van der Waals surface area (Å²) in [5.41, 5.74) is 1.51. The molecule has 0 atom stereocenters. The van der Waals surface area contributed by atoms with Crippen molar-refractivity contribution < 1.29 is 19.1 Å². The van der Waals surface area contributed by atoms with Crippen molar-refractivity contribution in [2.45, 2.75) is 97.6 Å². The molecule has 1 fully saturated rings. The highest BCUT2D eigenvalue weighted by Gasteiger charge is 2.25. The van der Waals surface area contributed by atoms with E-state index in [0.29, 0.717) is 35.2 Å². The number of unbranched alkanes of at least 4 members (excludes halogenated alkanes) is 1. The highest BCUT2D eigenvalue weighted by atomic mass is 16.6. The van der Waals surface area contributed by atoms with Gasteiger partial charge in [-0.15, -0.1) is 0 Å². The van der Waals surface area contributed by atoms with E-state index in [1.54, 1.807) is 13.2 Å². The molecule has 1 saturated carbocycles. The minimum absolute atomic E-state index is 0.116. The molecule has 3 rings (SSSR count). The number of hydrogen-bond acceptors (Lipinski definition) is 5. The number of nitrogens with zero attached hydrogens (tertiary/aromatic N) is 1. The lowest BCUT2D eigenvalue weighted by Gasteiger charge is -2.30. The van der Waals surface area contributed by atoms with Crippen molar-refractivity contribution in [2.75, 3.05) is 13.7 Å². The van der Waals surface area contributed by atoms with Crippen molar-refractivity contribution in [1.29, 1.82) is 0 Å². The zero-order valence-electron chi connectivity index (χ0n) is 22.8. The van der Waals surface area contributed by atoms with Crippen LogP contribution in [0.4, 0.5) is 4.79 Å². The zero-order chi connectivity index (χ0) is 26.3. The van der Waals surface area contributed by atoms with E-state index in [4.69, 9.17) is 14.5 Å². The molecule has 0 radical (unpaired) electrons. The topological polar surface area (TPSA) is 105 Å². The van der Waals surface area contributed by atoms with Crippen molar-refractivity contribution in [3.63, 3.8) is 0 Å². The number of fused-ring (bicyclic) bond motifs is 1. The summed E-state index contributed by atoms with van der Waals surface area (Å²) in [4.78, 5) is 33.3. The average molecular weight is 501 g/mol. The fourth-order valence-electron chi connectivity index (χ4n) is 4.75. The third-order valence-corrected chi connectivity index (χ3v) is 6.68. The molecule has 0 bridgehead atoms. The van der Waals surface area contributed by atoms with Crippen molar-refractivity contribution in [3.8, 4) is 5.75 Å². The Morgan fingerprint density at radius 2 is 1.86 bits per heavy atom. The monoisotopic (exact) mass is 500 g/mol. The molecule has 0 spiro atoms. The number of amides is 2. The van der Waals surface area contributed by atoms with Gasteiger partial charge in [-0.3, -0.25) is 4.79 Å². The molecule has 3 N–H and O–H groups in total. The Labute approximate surface area is 215 Å². The summed E-state index contributed by atoms with van der Waals surface area (Å²) in [7, 11) is 1.63. The molecule has 1 aliphatic rings. The minimum atomic E-state index is -0.499. The van der Waals surface area contributed by atoms with Crippen LogP contribution in [0, 0.1) is 11.8 Å². The van der Waals surface area contributed by atoms with Crippen LogP contribution in [0.3, 0.4) is 0 Å². The van der Waals surface area contributed by atoms with Crippen LogP contribution in [0.15, 0.2) is 12.1 Å². The van der Waals surface area contributed by atoms with E-state index in [1.165, 1.54) is 6.42 Å². The first-order valence-electron chi connectivity index (χ1n) is 13.4. The number of carbonyl (C=O) groups excluding carboxylic acids is 2. The molecule has 1 aromatic heterocycles. The van der Waals surface area contributed by atoms with E-state index in [9.17, 15) is 9.59 Å². The van der Waals surface area contributed by atoms with Crippen LogP contribution in [0.1, 0.15) is 95.7 Å². The van der Waals surface area contributed by atoms with Gasteiger partial charge in [-0.2, -0.15) is 0 Å². The van der Waals surface area contributed by atoms with Gasteiger partial charge in [-0.05, 0) is 76.8 Å². The summed E-state index contributed by atoms with van der Waals surface area (Å²) in [6, 6.07) is 3.74. The van der Waals surface area contributed by atoms with E-state index in [-0.39, 0.29) is 18.0 Å². The number of imidazole rings is 1. The van der Waals surface area contributed by atoms with Crippen molar-refractivity contribution in [2.24, 2.45) is 11.8 Å². The maximum atomic E-state index is 13.1. The second-order valence-corrected chi connectivity index (χ2v) is 11.4. The van der Waals surface area contributed by atoms with Gasteiger partial charge < -0.3 is 25.1 Å². The number of benzene rings is 1. The lowest BCUT2D eigenvalue weighted by molar-refractivity contribution is 0.0487. The first-order chi connectivity index (χ1) is 17.1. The number of aromatic amines is 1. The van der Waals surface area contributed by atoms with Gasteiger partial charge in [0.1, 0.15) is 28.2 Å². The van der Waals surface area contributed by atoms with Gasteiger partial charge in [0.05, 0.1) is 12.7 Å². The van der Waals surface area contributed by atoms with Crippen LogP contribution >= 0.6 is 0 Å². The van der Waals surface area contributed by atoms with E-state index >= 15 is 0 Å². The Hall–Kier alpha value is -2.77. The lowest BCUT2D eigenvalue weighted by Crippen LogP contribution is -2.42. The Balaban J connectivity index is 1.54. The van der Waals surface area contributed by atoms with E-state index in [2.05, 4.69) is 29.5 Å². The molecule has 200 valence electrons. The zero-order valence-corrected chi connectivity index (χ0v) is 22.8. The molecule has 1 heterocycles. The molecular formula is C28H44N4O4. The van der Waals surface area contributed by atoms with Gasteiger partial charge in [-0.1, -0.05) is 26.7 Å². The average Bonchev–Trinajstić information content (AvgIpc) is 3.23. The SMILES string of the molecule is COc1ccc(C(=O)NCC2CCC(NC(=O)OC(C)(C)C)CC2)c2nc(CCCCC(C)C)[nH]c12. The number of rotatable bonds is 10. The van der Waals surface area contributed by atoms with E-state index in [1.807, 2.05) is 26.8 Å². The molecule has 0 saturated heterocycles. The summed E-state index contributed by atoms with van der Waals surface area (Å²) in [6.45, 7) is 10.7. The lowest BCUT2D eigenvalue weighted by atomic mass is 9.86. The number of aromatic nitrogens is 2. The van der Waals surface area contributed by atoms with Crippen LogP contribution in [-0.2, 0) is 11.2 Å². The fraction of sp³-hybridized carbons (Fsp3) is 0.679. The Kier molecular flexibility index (Phi) is 9.63. The molecule has 8 nitrogen and oxygen atoms in total. The first kappa shape index (κ1) is 27.8. The molecule has 1 aromatic carbocycles. The van der Waals surface area contributed by atoms with Crippen LogP contribution in [0.5, 0.6) is 5.75 Å². The number of nitrogens with one attached hydrogen (secondary N) is 3. The van der Waals surface area contributed by atoms with E-state index in [0.717, 1.165) is 56.3 Å². The standard InChI is InChI=1S/C28H44N4O4/c1-18(2)9-7-8-10-23-31-24-21(15-16-22(35-6)25(24)32-23)26(33)29-17-19-11-13-20(14-12-19)30-27(34)36-28(3,4)5/h15-16,18-20H,7-14,17H2,1-6H3,(H,29,33)(H,30,34)(H,31,32). The van der Waals surface area contributed by atoms with Crippen LogP contribution in [0.25, 0.3) is 11.0 Å². The fourth-order valence-corrected chi connectivity index (χ4v) is 4.75. The molecule has 8 heteroatoms. The Bertz CT molecular complexity index is 1020. The Morgan fingerprint density at radius 1 is 1.14 bits per heavy atom. The number of ether oxygens (including phenoxy) is 2. The molecular weight excluding hydrogens is 456 g/mol. The van der Waals surface area contributed by atoms with Gasteiger partial charge in [-0.25, -0.2) is 9.78 Å². The van der Waals surface area contributed by atoms with Gasteiger partial charge in [0.15, 0.2) is 0 Å². The summed E-state index contributed by atoms with van der Waals surface area (Å²) in [5.74, 6) is 2.55. The summed E-state index contributed by atoms with van der Waals surface area (Å²) in [5, 5.41) is 6.08. The number of hydrogen-bond donors (Lipinski definition) is 3. The molecule has 2 aromatic rings. The largest absolute Gasteiger partial charge is 0.494 e. The third kappa shape index (κ3) is 8.14. The quantitative estimate of drug-likeness (QED) is 0.360. The second kappa shape index (κ2) is 12.5. The molecule has 2 amide bonds. The molecule has 36 heavy (non-hydrogen) atoms. The number of methoxy groups -OCH3 is 1. The van der Waals surface area contributed by atoms with Crippen LogP contribution in [-0.4, -0.2) is 47.3 Å². The summed E-state index contributed by atoms with van der Waals surface area (Å²) >= 11 is 0. The number of alkyl carbamates (subject to hydrolysis) is 1. The van der Waals surface area contributed by atoms with Crippen molar-refractivity contribution in [1.82, 2.24) is 20.6 Å². The summed E-state index contributed by atoms with van der Waals surface area (Å²) in [6.07, 6.45) is 7.58. The van der Waals surface area contributed by atoms with Crippen molar-refractivity contribution >= 4 is 23.0 Å². The number of carbonyl (C=O) groups is 2. The Morgan fingerprint density at radius 3 is 2.50 bits per heavy atom. The van der Waals surface area contributed by atoms with Crippen LogP contribution in [0.2, 0.25) is 0 Å². The highest BCUT2D eigenvalue weighted by molar-refractivity contribution is 6.06. The van der Waals surface area contributed by atoms with Gasteiger partial charge in [0, 0.05) is 19.0 Å². The minimum Gasteiger partial charge on any atom is -0.494 e. The predicted molar refractivity (Wildman–Crippen MR) is 142 cm³/mol. The van der Waals surface area contributed by atoms with Gasteiger partial charge in [0.2, 0.25) is 0 Å². The summed E-state index contributed by atoms with van der Waals surface area (Å²) < 4.78 is 10.9. The van der Waals surface area contributed by atoms with Crippen LogP contribution < -0.4 is 15.4 Å². The number of H-pyrrole nitrogens is 1. The molecule has 1 aliphatic carbocycles. The smallest absolute Gasteiger partial charge is 0.407 e. The first-order valence-corrected chi connectivity index (χ1v) is 13.4. The highest BCUT2D eigenvalue weighted by Crippen LogP contribution is 2.28. The van der Waals surface area contributed by atoms with E-state index < -0.39 is 5.60 Å². The molecule has 0 aliphatic heterocycles. The third-order valence-electron chi connectivity index (χ3n) is 6.68. The predicted octanol–water partition coefficient (Wildman–Crippen LogP) is 5.75. The molecule has 0 unspecified atom stereocenters.